The summed E-state index contributed by atoms with van der Waals surface area (Å²) in [6, 6.07) is 0. The zero-order valence-electron chi connectivity index (χ0n) is 12.3. The number of thiazole rings is 1. The van der Waals surface area contributed by atoms with Crippen molar-refractivity contribution < 1.29 is 18.3 Å². The minimum atomic E-state index is -4.42. The average molecular weight is 452 g/mol. The standard InChI is InChI=1S/C12H19F3N4OS.HI/c1-3-16-11(17-4-8(2)6-20)18-5-10-19-9(7-21-10)12(13,14)15;/h7-8,20H,3-6H2,1-2H3,(H2,16,17,18);1H. The largest absolute Gasteiger partial charge is 0.434 e. The fourth-order valence-corrected chi connectivity index (χ4v) is 2.06. The van der Waals surface area contributed by atoms with Gasteiger partial charge in [0.05, 0.1) is 6.54 Å². The smallest absolute Gasteiger partial charge is 0.396 e. The first-order valence-corrected chi connectivity index (χ1v) is 7.39. The van der Waals surface area contributed by atoms with Crippen LogP contribution in [0.15, 0.2) is 10.4 Å². The summed E-state index contributed by atoms with van der Waals surface area (Å²) in [6.07, 6.45) is -4.42. The molecule has 0 aromatic carbocycles. The molecule has 0 amide bonds. The maximum absolute atomic E-state index is 12.4. The van der Waals surface area contributed by atoms with Gasteiger partial charge in [-0.25, -0.2) is 9.98 Å². The van der Waals surface area contributed by atoms with Gasteiger partial charge in [-0.1, -0.05) is 6.92 Å². The molecule has 1 heterocycles. The highest BCUT2D eigenvalue weighted by Gasteiger charge is 2.33. The van der Waals surface area contributed by atoms with Crippen molar-refractivity contribution in [3.63, 3.8) is 0 Å². The molecule has 1 rings (SSSR count). The number of guanidine groups is 1. The second-order valence-electron chi connectivity index (χ2n) is 4.49. The third-order valence-electron chi connectivity index (χ3n) is 2.49. The van der Waals surface area contributed by atoms with E-state index < -0.39 is 11.9 Å². The lowest BCUT2D eigenvalue weighted by molar-refractivity contribution is -0.140. The molecule has 0 aliphatic carbocycles. The topological polar surface area (TPSA) is 69.5 Å². The third kappa shape index (κ3) is 7.58. The molecule has 0 spiro atoms. The van der Waals surface area contributed by atoms with E-state index in [2.05, 4.69) is 20.6 Å². The highest BCUT2D eigenvalue weighted by molar-refractivity contribution is 14.0. The van der Waals surface area contributed by atoms with E-state index in [4.69, 9.17) is 5.11 Å². The van der Waals surface area contributed by atoms with Gasteiger partial charge < -0.3 is 15.7 Å². The van der Waals surface area contributed by atoms with Crippen molar-refractivity contribution in [2.24, 2.45) is 10.9 Å². The SMILES string of the molecule is CCNC(=NCc1nc(C(F)(F)F)cs1)NCC(C)CO.I. The number of aliphatic imine (C=N–C) groups is 1. The van der Waals surface area contributed by atoms with Gasteiger partial charge in [-0.2, -0.15) is 13.2 Å². The Labute approximate surface area is 148 Å². The Morgan fingerprint density at radius 3 is 2.64 bits per heavy atom. The molecule has 0 aliphatic heterocycles. The summed E-state index contributed by atoms with van der Waals surface area (Å²) in [7, 11) is 0. The molecular formula is C12H20F3IN4OS. The lowest BCUT2D eigenvalue weighted by Crippen LogP contribution is -2.39. The predicted molar refractivity (Wildman–Crippen MR) is 91.6 cm³/mol. The molecule has 0 bridgehead atoms. The molecule has 0 saturated carbocycles. The Kier molecular flexibility index (Phi) is 9.92. The van der Waals surface area contributed by atoms with E-state index in [1.54, 1.807) is 0 Å². The second kappa shape index (κ2) is 10.2. The van der Waals surface area contributed by atoms with Crippen molar-refractivity contribution in [1.82, 2.24) is 15.6 Å². The molecule has 1 aromatic rings. The van der Waals surface area contributed by atoms with E-state index in [0.29, 0.717) is 24.1 Å². The molecule has 1 aromatic heterocycles. The molecule has 1 unspecified atom stereocenters. The zero-order chi connectivity index (χ0) is 15.9. The first kappa shape index (κ1) is 21.4. The Bertz CT molecular complexity index is 467. The van der Waals surface area contributed by atoms with Crippen molar-refractivity contribution in [2.45, 2.75) is 26.6 Å². The van der Waals surface area contributed by atoms with E-state index in [1.807, 2.05) is 13.8 Å². The quantitative estimate of drug-likeness (QED) is 0.353. The number of aromatic nitrogens is 1. The number of nitrogens with zero attached hydrogens (tertiary/aromatic N) is 2. The number of hydrogen-bond acceptors (Lipinski definition) is 4. The number of nitrogens with one attached hydrogen (secondary N) is 2. The number of halogens is 4. The van der Waals surface area contributed by atoms with E-state index in [-0.39, 0.29) is 43.0 Å². The van der Waals surface area contributed by atoms with Gasteiger partial charge in [-0.05, 0) is 12.8 Å². The maximum Gasteiger partial charge on any atom is 0.434 e. The number of aliphatic hydroxyl groups excluding tert-OH is 1. The first-order chi connectivity index (χ1) is 9.86. The van der Waals surface area contributed by atoms with Gasteiger partial charge in [0.2, 0.25) is 0 Å². The predicted octanol–water partition coefficient (Wildman–Crippen LogP) is 2.46. The molecule has 1 atom stereocenters. The number of hydrogen-bond donors (Lipinski definition) is 3. The number of rotatable bonds is 6. The van der Waals surface area contributed by atoms with Crippen LogP contribution in [0.4, 0.5) is 13.2 Å². The van der Waals surface area contributed by atoms with Crippen molar-refractivity contribution in [2.75, 3.05) is 19.7 Å². The summed E-state index contributed by atoms with van der Waals surface area (Å²) in [4.78, 5) is 7.69. The van der Waals surface area contributed by atoms with Crippen LogP contribution in [-0.4, -0.2) is 35.7 Å². The number of aliphatic hydroxyl groups is 1. The van der Waals surface area contributed by atoms with Gasteiger partial charge >= 0.3 is 6.18 Å². The van der Waals surface area contributed by atoms with Crippen molar-refractivity contribution in [1.29, 1.82) is 0 Å². The summed E-state index contributed by atoms with van der Waals surface area (Å²) < 4.78 is 37.3. The normalized spacial score (nSPS) is 13.5. The van der Waals surface area contributed by atoms with Crippen molar-refractivity contribution in [3.8, 4) is 0 Å². The average Bonchev–Trinajstić information content (AvgIpc) is 2.90. The van der Waals surface area contributed by atoms with Crippen molar-refractivity contribution >= 4 is 41.3 Å². The van der Waals surface area contributed by atoms with Crippen molar-refractivity contribution in [3.05, 3.63) is 16.1 Å². The lowest BCUT2D eigenvalue weighted by atomic mass is 10.2. The maximum atomic E-state index is 12.4. The fraction of sp³-hybridized carbons (Fsp3) is 0.667. The highest BCUT2D eigenvalue weighted by Crippen LogP contribution is 2.30. The van der Waals surface area contributed by atoms with E-state index >= 15 is 0 Å². The molecule has 3 N–H and O–H groups in total. The minimum absolute atomic E-state index is 0. The Balaban J connectivity index is 0.00000441. The van der Waals surface area contributed by atoms with Crippen LogP contribution in [0.1, 0.15) is 24.5 Å². The fourth-order valence-electron chi connectivity index (χ4n) is 1.34. The number of alkyl halides is 3. The summed E-state index contributed by atoms with van der Waals surface area (Å²) in [5, 5.41) is 16.2. The van der Waals surface area contributed by atoms with Gasteiger partial charge in [0.15, 0.2) is 11.7 Å². The minimum Gasteiger partial charge on any atom is -0.396 e. The molecule has 0 aliphatic rings. The summed E-state index contributed by atoms with van der Waals surface area (Å²) >= 11 is 0.932. The van der Waals surface area contributed by atoms with E-state index in [9.17, 15) is 13.2 Å². The van der Waals surface area contributed by atoms with Gasteiger partial charge in [0.25, 0.3) is 0 Å². The lowest BCUT2D eigenvalue weighted by Gasteiger charge is -2.13. The van der Waals surface area contributed by atoms with Gasteiger partial charge in [-0.3, -0.25) is 0 Å². The van der Waals surface area contributed by atoms with Crippen LogP contribution in [0.3, 0.4) is 0 Å². The summed E-state index contributed by atoms with van der Waals surface area (Å²) in [6.45, 7) is 5.03. The van der Waals surface area contributed by atoms with Crippen LogP contribution in [0, 0.1) is 5.92 Å². The van der Waals surface area contributed by atoms with Gasteiger partial charge in [0, 0.05) is 25.1 Å². The Morgan fingerprint density at radius 1 is 1.45 bits per heavy atom. The monoisotopic (exact) mass is 452 g/mol. The van der Waals surface area contributed by atoms with Gasteiger partial charge in [0.1, 0.15) is 5.01 Å². The third-order valence-corrected chi connectivity index (χ3v) is 3.32. The molecule has 10 heteroatoms. The van der Waals surface area contributed by atoms with Crippen LogP contribution in [0.5, 0.6) is 0 Å². The molecule has 0 fully saturated rings. The van der Waals surface area contributed by atoms with Crippen LogP contribution in [-0.2, 0) is 12.7 Å². The first-order valence-electron chi connectivity index (χ1n) is 6.51. The molecule has 22 heavy (non-hydrogen) atoms. The second-order valence-corrected chi connectivity index (χ2v) is 5.43. The van der Waals surface area contributed by atoms with E-state index in [1.165, 1.54) is 0 Å². The Morgan fingerprint density at radius 2 is 2.14 bits per heavy atom. The Hall–Kier alpha value is -0.620. The van der Waals surface area contributed by atoms with E-state index in [0.717, 1.165) is 16.7 Å². The molecular weight excluding hydrogens is 432 g/mol. The zero-order valence-corrected chi connectivity index (χ0v) is 15.4. The summed E-state index contributed by atoms with van der Waals surface area (Å²) in [5.41, 5.74) is -0.885. The molecule has 0 saturated heterocycles. The van der Waals surface area contributed by atoms with Crippen LogP contribution >= 0.6 is 35.3 Å². The molecule has 128 valence electrons. The van der Waals surface area contributed by atoms with Crippen LogP contribution in [0.2, 0.25) is 0 Å². The van der Waals surface area contributed by atoms with Gasteiger partial charge in [-0.15, -0.1) is 35.3 Å². The summed E-state index contributed by atoms with van der Waals surface area (Å²) in [5.74, 6) is 0.548. The van der Waals surface area contributed by atoms with Crippen LogP contribution < -0.4 is 10.6 Å². The van der Waals surface area contributed by atoms with Crippen LogP contribution in [0.25, 0.3) is 0 Å². The highest BCUT2D eigenvalue weighted by atomic mass is 127. The molecule has 0 radical (unpaired) electrons. The molecule has 5 nitrogen and oxygen atoms in total.